The Balaban J connectivity index is 2.46. The average molecular weight is 172 g/mol. The number of aromatic nitrogens is 1. The summed E-state index contributed by atoms with van der Waals surface area (Å²) in [5, 5.41) is 9.14. The third-order valence-corrected chi connectivity index (χ3v) is 2.96. The van der Waals surface area contributed by atoms with Crippen molar-refractivity contribution >= 4 is 0 Å². The summed E-state index contributed by atoms with van der Waals surface area (Å²) in [7, 11) is 0. The van der Waals surface area contributed by atoms with E-state index in [1.165, 1.54) is 12.0 Å². The highest BCUT2D eigenvalue weighted by Crippen LogP contribution is 2.43. The molecule has 66 valence electrons. The van der Waals surface area contributed by atoms with E-state index in [0.717, 1.165) is 18.4 Å². The molecule has 0 unspecified atom stereocenters. The van der Waals surface area contributed by atoms with Crippen LogP contribution in [0.2, 0.25) is 0 Å². The van der Waals surface area contributed by atoms with E-state index in [1.54, 1.807) is 6.20 Å². The van der Waals surface area contributed by atoms with Crippen molar-refractivity contribution in [3.05, 3.63) is 29.6 Å². The van der Waals surface area contributed by atoms with E-state index >= 15 is 0 Å². The number of nitrogens with zero attached hydrogens (tertiary/aromatic N) is 2. The monoisotopic (exact) mass is 172 g/mol. The lowest BCUT2D eigenvalue weighted by atomic mass is 9.65. The molecule has 1 aromatic rings. The van der Waals surface area contributed by atoms with Gasteiger partial charge in [0.15, 0.2) is 0 Å². The van der Waals surface area contributed by atoms with Gasteiger partial charge >= 0.3 is 0 Å². The molecular formula is C11H12N2. The molecule has 0 bridgehead atoms. The first-order valence-corrected chi connectivity index (χ1v) is 4.61. The highest BCUT2D eigenvalue weighted by Gasteiger charge is 2.39. The van der Waals surface area contributed by atoms with Gasteiger partial charge in [-0.1, -0.05) is 0 Å². The number of pyridine rings is 1. The lowest BCUT2D eigenvalue weighted by Crippen LogP contribution is -2.33. The Hall–Kier alpha value is -1.36. The van der Waals surface area contributed by atoms with Crippen molar-refractivity contribution in [1.82, 2.24) is 4.98 Å². The topological polar surface area (TPSA) is 36.7 Å². The summed E-state index contributed by atoms with van der Waals surface area (Å²) in [5.41, 5.74) is 2.13. The van der Waals surface area contributed by atoms with Crippen LogP contribution in [0.3, 0.4) is 0 Å². The van der Waals surface area contributed by atoms with E-state index in [4.69, 9.17) is 5.26 Å². The second-order valence-corrected chi connectivity index (χ2v) is 3.74. The fraction of sp³-hybridized carbons (Fsp3) is 0.455. The van der Waals surface area contributed by atoms with Gasteiger partial charge in [0.1, 0.15) is 0 Å². The molecular weight excluding hydrogens is 160 g/mol. The Kier molecular flexibility index (Phi) is 1.81. The molecule has 0 spiro atoms. The van der Waals surface area contributed by atoms with E-state index in [-0.39, 0.29) is 5.41 Å². The van der Waals surface area contributed by atoms with Gasteiger partial charge in [0.05, 0.1) is 11.5 Å². The Morgan fingerprint density at radius 1 is 1.54 bits per heavy atom. The Bertz CT molecular complexity index is 359. The van der Waals surface area contributed by atoms with Gasteiger partial charge in [0.2, 0.25) is 0 Å². The first-order chi connectivity index (χ1) is 6.28. The lowest BCUT2D eigenvalue weighted by Gasteiger charge is -2.36. The maximum Gasteiger partial charge on any atom is 0.0826 e. The smallest absolute Gasteiger partial charge is 0.0826 e. The molecule has 0 radical (unpaired) electrons. The lowest BCUT2D eigenvalue weighted by molar-refractivity contribution is 0.322. The molecule has 0 aromatic carbocycles. The Morgan fingerprint density at radius 2 is 2.31 bits per heavy atom. The molecule has 0 atom stereocenters. The normalized spacial score (nSPS) is 18.8. The summed E-state index contributed by atoms with van der Waals surface area (Å²) in [5.74, 6) is 0. The highest BCUT2D eigenvalue weighted by atomic mass is 14.6. The highest BCUT2D eigenvalue weighted by molar-refractivity contribution is 5.38. The number of hydrogen-bond donors (Lipinski definition) is 0. The predicted octanol–water partition coefficient (Wildman–Crippen LogP) is 2.34. The number of nitriles is 1. The van der Waals surface area contributed by atoms with Crippen LogP contribution in [0.4, 0.5) is 0 Å². The summed E-state index contributed by atoms with van der Waals surface area (Å²) in [6, 6.07) is 4.43. The largest absolute Gasteiger partial charge is 0.264 e. The molecule has 0 amide bonds. The zero-order valence-corrected chi connectivity index (χ0v) is 7.75. The molecule has 0 N–H and O–H groups in total. The van der Waals surface area contributed by atoms with Crippen LogP contribution in [0.25, 0.3) is 0 Å². The molecule has 13 heavy (non-hydrogen) atoms. The molecule has 1 aliphatic rings. The zero-order valence-electron chi connectivity index (χ0n) is 7.75. The molecule has 1 aliphatic carbocycles. The number of rotatable bonds is 1. The van der Waals surface area contributed by atoms with Crippen LogP contribution in [0.1, 0.15) is 30.4 Å². The van der Waals surface area contributed by atoms with Crippen molar-refractivity contribution in [2.75, 3.05) is 0 Å². The summed E-state index contributed by atoms with van der Waals surface area (Å²) in [4.78, 5) is 4.04. The fourth-order valence-electron chi connectivity index (χ4n) is 1.98. The first-order valence-electron chi connectivity index (χ1n) is 4.61. The molecule has 1 saturated carbocycles. The Labute approximate surface area is 78.2 Å². The summed E-state index contributed by atoms with van der Waals surface area (Å²) in [6.07, 6.45) is 6.81. The molecule has 1 heterocycles. The third kappa shape index (κ3) is 1.12. The minimum absolute atomic E-state index is 0.187. The van der Waals surface area contributed by atoms with Gasteiger partial charge in [-0.25, -0.2) is 0 Å². The Morgan fingerprint density at radius 3 is 2.77 bits per heavy atom. The molecule has 2 rings (SSSR count). The van der Waals surface area contributed by atoms with Gasteiger partial charge in [0, 0.05) is 12.4 Å². The van der Waals surface area contributed by atoms with Gasteiger partial charge < -0.3 is 0 Å². The molecule has 2 nitrogen and oxygen atoms in total. The van der Waals surface area contributed by atoms with E-state index in [9.17, 15) is 0 Å². The van der Waals surface area contributed by atoms with Gasteiger partial charge in [-0.2, -0.15) is 5.26 Å². The van der Waals surface area contributed by atoms with Crippen LogP contribution in [0.5, 0.6) is 0 Å². The van der Waals surface area contributed by atoms with Gasteiger partial charge in [0.25, 0.3) is 0 Å². The van der Waals surface area contributed by atoms with Crippen LogP contribution >= 0.6 is 0 Å². The summed E-state index contributed by atoms with van der Waals surface area (Å²) in [6.45, 7) is 2.03. The van der Waals surface area contributed by atoms with Crippen LogP contribution < -0.4 is 0 Å². The summed E-state index contributed by atoms with van der Waals surface area (Å²) < 4.78 is 0. The fourth-order valence-corrected chi connectivity index (χ4v) is 1.98. The predicted molar refractivity (Wildman–Crippen MR) is 50.1 cm³/mol. The first kappa shape index (κ1) is 8.25. The minimum Gasteiger partial charge on any atom is -0.264 e. The molecule has 0 aliphatic heterocycles. The minimum atomic E-state index is -0.187. The van der Waals surface area contributed by atoms with Crippen molar-refractivity contribution in [2.24, 2.45) is 0 Å². The second-order valence-electron chi connectivity index (χ2n) is 3.74. The summed E-state index contributed by atoms with van der Waals surface area (Å²) >= 11 is 0. The second kappa shape index (κ2) is 2.85. The van der Waals surface area contributed by atoms with Crippen LogP contribution in [0.15, 0.2) is 18.5 Å². The van der Waals surface area contributed by atoms with Gasteiger partial charge in [-0.15, -0.1) is 0 Å². The van der Waals surface area contributed by atoms with E-state index in [0.29, 0.717) is 0 Å². The maximum absolute atomic E-state index is 9.14. The molecule has 0 saturated heterocycles. The van der Waals surface area contributed by atoms with Crippen molar-refractivity contribution in [2.45, 2.75) is 31.6 Å². The third-order valence-electron chi connectivity index (χ3n) is 2.96. The van der Waals surface area contributed by atoms with Crippen LogP contribution in [0, 0.1) is 18.3 Å². The zero-order chi connectivity index (χ0) is 9.31. The quantitative estimate of drug-likeness (QED) is 0.652. The van der Waals surface area contributed by atoms with Crippen LogP contribution in [-0.2, 0) is 5.41 Å². The van der Waals surface area contributed by atoms with E-state index in [1.807, 2.05) is 19.2 Å². The van der Waals surface area contributed by atoms with Crippen molar-refractivity contribution < 1.29 is 0 Å². The van der Waals surface area contributed by atoms with E-state index in [2.05, 4.69) is 11.1 Å². The van der Waals surface area contributed by atoms with Crippen molar-refractivity contribution in [3.8, 4) is 6.07 Å². The van der Waals surface area contributed by atoms with E-state index < -0.39 is 0 Å². The molecule has 2 heteroatoms. The maximum atomic E-state index is 9.14. The number of aryl methyl sites for hydroxylation is 1. The molecule has 1 fully saturated rings. The van der Waals surface area contributed by atoms with Crippen molar-refractivity contribution in [3.63, 3.8) is 0 Å². The van der Waals surface area contributed by atoms with Crippen molar-refractivity contribution in [1.29, 1.82) is 5.26 Å². The average Bonchev–Trinajstić information content (AvgIpc) is 2.07. The SMILES string of the molecule is Cc1cnccc1C1(C#N)CCC1. The van der Waals surface area contributed by atoms with Crippen LogP contribution in [-0.4, -0.2) is 4.98 Å². The van der Waals surface area contributed by atoms with Gasteiger partial charge in [-0.3, -0.25) is 4.98 Å². The van der Waals surface area contributed by atoms with Gasteiger partial charge in [-0.05, 0) is 43.4 Å². The number of hydrogen-bond acceptors (Lipinski definition) is 2. The molecule has 1 aromatic heterocycles. The standard InChI is InChI=1S/C11H12N2/c1-9-7-13-6-3-10(9)11(8-12)4-2-5-11/h3,6-7H,2,4-5H2,1H3.